The Labute approximate surface area is 454 Å². The monoisotopic (exact) mass is 1060 g/mol. The zero-order chi connectivity index (χ0) is 53.4. The summed E-state index contributed by atoms with van der Waals surface area (Å²) in [5, 5.41) is 22.5. The van der Waals surface area contributed by atoms with Gasteiger partial charge in [0.1, 0.15) is 29.5 Å². The minimum atomic E-state index is -0.0580. The molecule has 0 unspecified atom stereocenters. The van der Waals surface area contributed by atoms with Crippen LogP contribution in [0.25, 0.3) is 5.57 Å². The highest BCUT2D eigenvalue weighted by molar-refractivity contribution is 8.00. The summed E-state index contributed by atoms with van der Waals surface area (Å²) in [6.07, 6.45) is 14.6. The van der Waals surface area contributed by atoms with Crippen LogP contribution in [0.2, 0.25) is 0 Å². The largest absolute Gasteiger partial charge is 0.457 e. The van der Waals surface area contributed by atoms with Crippen LogP contribution in [0.4, 0.5) is 27.8 Å². The number of nitrogens with one attached hydrogen (secondary N) is 7. The molecule has 410 valence electrons. The third kappa shape index (κ3) is 23.2. The number of urea groups is 1. The van der Waals surface area contributed by atoms with Crippen LogP contribution in [0.5, 0.6) is 11.5 Å². The Kier molecular flexibility index (Phi) is 26.5. The number of carbonyl (C=O) groups excluding carboxylic acids is 3. The van der Waals surface area contributed by atoms with Crippen LogP contribution in [-0.4, -0.2) is 135 Å². The summed E-state index contributed by atoms with van der Waals surface area (Å²) in [4.78, 5) is 47.2. The second kappa shape index (κ2) is 34.3. The minimum Gasteiger partial charge on any atom is -0.457 e. The normalized spacial score (nSPS) is 15.7. The molecule has 0 spiro atoms. The van der Waals surface area contributed by atoms with E-state index >= 15 is 0 Å². The van der Waals surface area contributed by atoms with E-state index in [0.29, 0.717) is 82.5 Å². The Hall–Kier alpha value is -6.44. The molecule has 6 rings (SSSR count). The molecule has 4 amide bonds. The van der Waals surface area contributed by atoms with Crippen molar-refractivity contribution in [1.29, 1.82) is 0 Å². The third-order valence-corrected chi connectivity index (χ3v) is 14.1. The molecule has 18 heteroatoms. The van der Waals surface area contributed by atoms with Gasteiger partial charge in [0.25, 0.3) is 0 Å². The number of allylic oxidation sites excluding steroid dienone is 3. The summed E-state index contributed by atoms with van der Waals surface area (Å²) in [5.74, 6) is 3.98. The molecule has 17 nitrogen and oxygen atoms in total. The van der Waals surface area contributed by atoms with E-state index in [1.165, 1.54) is 6.33 Å². The first-order valence-corrected chi connectivity index (χ1v) is 27.9. The summed E-state index contributed by atoms with van der Waals surface area (Å²) < 4.78 is 22.8. The predicted octanol–water partition coefficient (Wildman–Crippen LogP) is 9.10. The summed E-state index contributed by atoms with van der Waals surface area (Å²) in [5.41, 5.74) is 4.63. The first-order chi connectivity index (χ1) is 37.2. The Morgan fingerprint density at radius 1 is 0.697 bits per heavy atom. The van der Waals surface area contributed by atoms with Crippen molar-refractivity contribution in [3.63, 3.8) is 0 Å². The molecule has 1 aromatic heterocycles. The zero-order valence-electron chi connectivity index (χ0n) is 44.3. The summed E-state index contributed by atoms with van der Waals surface area (Å²) in [6.45, 7) is 15.4. The molecule has 2 fully saturated rings. The Morgan fingerprint density at radius 3 is 2.09 bits per heavy atom. The van der Waals surface area contributed by atoms with Crippen molar-refractivity contribution in [3.05, 3.63) is 128 Å². The highest BCUT2D eigenvalue weighted by Gasteiger charge is 2.42. The first-order valence-electron chi connectivity index (χ1n) is 26.9. The molecule has 3 aromatic carbocycles. The van der Waals surface area contributed by atoms with Crippen LogP contribution in [0.1, 0.15) is 76.2 Å². The van der Waals surface area contributed by atoms with Crippen molar-refractivity contribution in [2.75, 3.05) is 95.8 Å². The summed E-state index contributed by atoms with van der Waals surface area (Å²) in [6, 6.07) is 27.8. The topological polar surface area (TPSA) is 201 Å². The fourth-order valence-electron chi connectivity index (χ4n) is 8.50. The van der Waals surface area contributed by atoms with E-state index in [0.717, 1.165) is 123 Å². The van der Waals surface area contributed by atoms with Crippen molar-refractivity contribution >= 4 is 58.2 Å². The van der Waals surface area contributed by atoms with Crippen molar-refractivity contribution < 1.29 is 33.3 Å². The predicted molar refractivity (Wildman–Crippen MR) is 306 cm³/mol. The van der Waals surface area contributed by atoms with E-state index in [2.05, 4.69) is 90.5 Å². The van der Waals surface area contributed by atoms with Gasteiger partial charge in [0.05, 0.1) is 38.5 Å². The number of para-hydroxylation sites is 1. The lowest BCUT2D eigenvalue weighted by Crippen LogP contribution is -2.36. The van der Waals surface area contributed by atoms with Gasteiger partial charge in [0.15, 0.2) is 0 Å². The van der Waals surface area contributed by atoms with Crippen molar-refractivity contribution in [1.82, 2.24) is 41.5 Å². The molecule has 2 saturated heterocycles. The van der Waals surface area contributed by atoms with E-state index in [9.17, 15) is 14.4 Å². The van der Waals surface area contributed by atoms with Gasteiger partial charge < -0.3 is 61.1 Å². The number of rotatable bonds is 39. The fourth-order valence-corrected chi connectivity index (χ4v) is 10.0. The summed E-state index contributed by atoms with van der Waals surface area (Å²) >= 11 is 1.91. The number of anilines is 4. The molecule has 7 N–H and O–H groups in total. The molecule has 0 bridgehead atoms. The molecular formula is C58H80N10O7S. The molecule has 3 atom stereocenters. The standard InChI is InChI=1S/C58H80N10O7S/c1-44(46-18-12-19-48(40-46)65-54-41-53(62-43-63-54)64-47-25-27-50(28-26-47)75-49-20-5-4-6-21-49)16-13-33-68(3)32-10-9-29-60-56(70)24-11-17-45(2)59-30-14-34-72-36-38-74-39-37-73-35-15-31-61-55(69)23-8-7-22-52-57-51(42-76-52)66-58(71)67-57/h4-6,12-13,16,18-21,25-28,40-41,43,51-52,57,59H,1-2,7-11,14-15,17,22-24,29-39,42H2,3H3,(H,60,70)(H,61,69)(H2,66,67,71)(H2,62,63,64,65)/b16-13+/t51-,52-,57-/m0/s1. The molecule has 3 heterocycles. The lowest BCUT2D eigenvalue weighted by atomic mass is 10.0. The average Bonchev–Trinajstić information content (AvgIpc) is 3.99. The van der Waals surface area contributed by atoms with Gasteiger partial charge in [-0.25, -0.2) is 14.8 Å². The van der Waals surface area contributed by atoms with E-state index < -0.39 is 0 Å². The van der Waals surface area contributed by atoms with Gasteiger partial charge in [0.2, 0.25) is 11.8 Å². The number of aromatic nitrogens is 2. The second-order valence-corrected chi connectivity index (χ2v) is 20.2. The SMILES string of the molecule is C=C(CCCC(=O)NCCCCN(C)C/C=C/C(=C)c1cccc(Nc2cc(Nc3ccc(Oc4ccccc4)cc3)ncn2)c1)NCCCOCCOCCOCCCNC(=O)CCCC[C@@H]1SC[C@@H]2NC(=O)N[C@@H]21. The smallest absolute Gasteiger partial charge is 0.315 e. The molecular weight excluding hydrogens is 981 g/mol. The minimum absolute atomic E-state index is 0.0580. The number of ether oxygens (including phenoxy) is 4. The van der Waals surface area contributed by atoms with Crippen LogP contribution < -0.4 is 42.0 Å². The van der Waals surface area contributed by atoms with Crippen LogP contribution in [0.15, 0.2) is 122 Å². The maximum Gasteiger partial charge on any atom is 0.315 e. The van der Waals surface area contributed by atoms with Crippen LogP contribution in [0.3, 0.4) is 0 Å². The molecule has 0 radical (unpaired) electrons. The molecule has 2 aliphatic rings. The van der Waals surface area contributed by atoms with Crippen molar-refractivity contribution in [3.8, 4) is 11.5 Å². The second-order valence-electron chi connectivity index (χ2n) is 19.0. The Bertz CT molecular complexity index is 2410. The van der Waals surface area contributed by atoms with E-state index in [4.69, 9.17) is 18.9 Å². The van der Waals surface area contributed by atoms with Gasteiger partial charge in [-0.3, -0.25) is 9.59 Å². The Balaban J connectivity index is 0.680. The van der Waals surface area contributed by atoms with Gasteiger partial charge in [0, 0.05) is 86.4 Å². The van der Waals surface area contributed by atoms with Gasteiger partial charge in [-0.05, 0) is 125 Å². The Morgan fingerprint density at radius 2 is 1.36 bits per heavy atom. The van der Waals surface area contributed by atoms with E-state index in [1.54, 1.807) is 0 Å². The third-order valence-electron chi connectivity index (χ3n) is 12.6. The number of unbranched alkanes of at least 4 members (excludes halogenated alkanes) is 2. The number of thioether (sulfide) groups is 1. The number of hydrogen-bond donors (Lipinski definition) is 7. The highest BCUT2D eigenvalue weighted by atomic mass is 32.2. The molecule has 4 aromatic rings. The maximum absolute atomic E-state index is 12.4. The van der Waals surface area contributed by atoms with Gasteiger partial charge >= 0.3 is 6.03 Å². The van der Waals surface area contributed by atoms with Gasteiger partial charge in [-0.2, -0.15) is 11.8 Å². The molecule has 2 aliphatic heterocycles. The first kappa shape index (κ1) is 58.8. The van der Waals surface area contributed by atoms with Crippen LogP contribution in [-0.2, 0) is 23.8 Å². The number of carbonyl (C=O) groups is 3. The number of fused-ring (bicyclic) bond motifs is 1. The lowest BCUT2D eigenvalue weighted by molar-refractivity contribution is -0.122. The van der Waals surface area contributed by atoms with Gasteiger partial charge in [-0.1, -0.05) is 62.1 Å². The van der Waals surface area contributed by atoms with E-state index in [-0.39, 0.29) is 29.9 Å². The molecule has 0 saturated carbocycles. The number of benzene rings is 3. The van der Waals surface area contributed by atoms with Crippen LogP contribution in [0, 0.1) is 0 Å². The van der Waals surface area contributed by atoms with Gasteiger partial charge in [-0.15, -0.1) is 0 Å². The fraction of sp³-hybridized carbons (Fsp3) is 0.466. The quantitative estimate of drug-likeness (QED) is 0.0127. The maximum atomic E-state index is 12.4. The van der Waals surface area contributed by atoms with E-state index in [1.807, 2.05) is 90.6 Å². The number of nitrogens with zero attached hydrogens (tertiary/aromatic N) is 3. The molecule has 0 aliphatic carbocycles. The number of amides is 4. The number of likely N-dealkylation sites (N-methyl/N-ethyl adjacent to an activating group) is 1. The van der Waals surface area contributed by atoms with Crippen LogP contribution >= 0.6 is 11.8 Å². The molecule has 76 heavy (non-hydrogen) atoms. The lowest BCUT2D eigenvalue weighted by Gasteiger charge is -2.16. The summed E-state index contributed by atoms with van der Waals surface area (Å²) in [7, 11) is 2.10. The van der Waals surface area contributed by atoms with Crippen molar-refractivity contribution in [2.24, 2.45) is 0 Å². The number of hydrogen-bond acceptors (Lipinski definition) is 14. The zero-order valence-corrected chi connectivity index (χ0v) is 45.1. The highest BCUT2D eigenvalue weighted by Crippen LogP contribution is 2.33. The van der Waals surface area contributed by atoms with Crippen molar-refractivity contribution in [2.45, 2.75) is 88.0 Å². The average molecular weight is 1060 g/mol.